The molecule has 1 unspecified atom stereocenters. The van der Waals surface area contributed by atoms with Gasteiger partial charge < -0.3 is 24.8 Å². The van der Waals surface area contributed by atoms with Crippen LogP contribution in [0.15, 0.2) is 0 Å². The molecule has 8 nitrogen and oxygen atoms in total. The maximum Gasteiger partial charge on any atom is 0.320 e. The number of hydrogen-bond acceptors (Lipinski definition) is 5. The van der Waals surface area contributed by atoms with E-state index in [0.29, 0.717) is 13.2 Å². The van der Waals surface area contributed by atoms with Gasteiger partial charge >= 0.3 is 6.03 Å². The van der Waals surface area contributed by atoms with Gasteiger partial charge in [0, 0.05) is 72.0 Å². The van der Waals surface area contributed by atoms with Crippen molar-refractivity contribution in [1.29, 1.82) is 0 Å². The number of piperazine rings is 1. The third-order valence-electron chi connectivity index (χ3n) is 8.04. The number of amides is 3. The molecule has 0 aromatic carbocycles. The van der Waals surface area contributed by atoms with Gasteiger partial charge in [-0.15, -0.1) is 12.4 Å². The summed E-state index contributed by atoms with van der Waals surface area (Å²) in [5.74, 6) is 0.116. The van der Waals surface area contributed by atoms with Crippen molar-refractivity contribution in [2.24, 2.45) is 0 Å². The number of carbonyl (C=O) groups is 2. The summed E-state index contributed by atoms with van der Waals surface area (Å²) >= 11 is 0. The fraction of sp³-hybridized carbons (Fsp3) is 0.929. The number of ether oxygens (including phenoxy) is 1. The molecule has 1 N–H and O–H groups in total. The summed E-state index contributed by atoms with van der Waals surface area (Å²) in [4.78, 5) is 33.8. The average molecular weight is 544 g/mol. The first-order valence-electron chi connectivity index (χ1n) is 15.1. The Bertz CT molecular complexity index is 627. The van der Waals surface area contributed by atoms with Gasteiger partial charge in [0.05, 0.1) is 6.61 Å². The number of halogens is 1. The lowest BCUT2D eigenvalue weighted by atomic mass is 10.1. The first-order chi connectivity index (χ1) is 17.7. The molecule has 3 aliphatic rings. The number of hydrogen-bond donors (Lipinski definition) is 1. The highest BCUT2D eigenvalue weighted by Gasteiger charge is 2.31. The minimum Gasteiger partial charge on any atom is -0.366 e. The standard InChI is InChI=1S/C28H53N5O3.ClH/c1-2-3-4-5-6-7-8-9-10-11-12-13-15-32-22-23-33(28(32)35)21-18-30-16-19-31(20-17-30)27(34)26-25-29-14-24-36-26;/h26,29H,2-25H2,1H3;1H. The average Bonchev–Trinajstić information content (AvgIpc) is 3.27. The summed E-state index contributed by atoms with van der Waals surface area (Å²) < 4.78 is 5.62. The lowest BCUT2D eigenvalue weighted by molar-refractivity contribution is -0.147. The topological polar surface area (TPSA) is 68.4 Å². The van der Waals surface area contributed by atoms with Crippen molar-refractivity contribution in [2.45, 2.75) is 90.1 Å². The Labute approximate surface area is 232 Å². The second kappa shape index (κ2) is 19.0. The fourth-order valence-corrected chi connectivity index (χ4v) is 5.57. The van der Waals surface area contributed by atoms with Crippen LogP contribution in [0.1, 0.15) is 84.0 Å². The highest BCUT2D eigenvalue weighted by molar-refractivity contribution is 5.85. The van der Waals surface area contributed by atoms with Crippen molar-refractivity contribution >= 4 is 24.3 Å². The molecule has 37 heavy (non-hydrogen) atoms. The highest BCUT2D eigenvalue weighted by atomic mass is 35.5. The third kappa shape index (κ3) is 11.7. The van der Waals surface area contributed by atoms with Crippen LogP contribution in [0.4, 0.5) is 4.79 Å². The molecule has 3 fully saturated rings. The van der Waals surface area contributed by atoms with Crippen LogP contribution in [0.25, 0.3) is 0 Å². The molecule has 3 aliphatic heterocycles. The van der Waals surface area contributed by atoms with E-state index in [1.54, 1.807) is 0 Å². The molecule has 0 aromatic rings. The molecule has 0 aromatic heterocycles. The van der Waals surface area contributed by atoms with Crippen LogP contribution in [0.3, 0.4) is 0 Å². The molecule has 1 atom stereocenters. The Kier molecular flexibility index (Phi) is 16.5. The zero-order valence-corrected chi connectivity index (χ0v) is 24.3. The molecule has 3 amide bonds. The molecule has 0 radical (unpaired) electrons. The van der Waals surface area contributed by atoms with Crippen molar-refractivity contribution in [3.8, 4) is 0 Å². The van der Waals surface area contributed by atoms with Gasteiger partial charge in [-0.2, -0.15) is 0 Å². The van der Waals surface area contributed by atoms with Gasteiger partial charge in [-0.05, 0) is 6.42 Å². The van der Waals surface area contributed by atoms with E-state index in [9.17, 15) is 9.59 Å². The summed E-state index contributed by atoms with van der Waals surface area (Å²) in [7, 11) is 0. The van der Waals surface area contributed by atoms with Crippen molar-refractivity contribution in [2.75, 3.05) is 78.6 Å². The van der Waals surface area contributed by atoms with E-state index < -0.39 is 0 Å². The number of nitrogens with zero attached hydrogens (tertiary/aromatic N) is 4. The number of unbranched alkanes of at least 4 members (excludes halogenated alkanes) is 11. The number of urea groups is 1. The van der Waals surface area contributed by atoms with E-state index >= 15 is 0 Å². The monoisotopic (exact) mass is 543 g/mol. The van der Waals surface area contributed by atoms with Crippen molar-refractivity contribution in [3.05, 3.63) is 0 Å². The second-order valence-corrected chi connectivity index (χ2v) is 10.9. The Balaban J connectivity index is 0.00000481. The maximum absolute atomic E-state index is 12.8. The van der Waals surface area contributed by atoms with Crippen LogP contribution in [-0.2, 0) is 9.53 Å². The SMILES string of the molecule is CCCCCCCCCCCCCCN1CCN(CCN2CCN(C(=O)C3CNCCO3)CC2)C1=O.Cl. The molecule has 0 saturated carbocycles. The molecule has 3 rings (SSSR count). The van der Waals surface area contributed by atoms with Gasteiger partial charge in [-0.3, -0.25) is 9.69 Å². The van der Waals surface area contributed by atoms with Gasteiger partial charge in [0.15, 0.2) is 0 Å². The van der Waals surface area contributed by atoms with Gasteiger partial charge in [0.1, 0.15) is 6.10 Å². The van der Waals surface area contributed by atoms with Crippen LogP contribution in [0.2, 0.25) is 0 Å². The molecular formula is C28H54ClN5O3. The predicted octanol–water partition coefficient (Wildman–Crippen LogP) is 3.98. The third-order valence-corrected chi connectivity index (χ3v) is 8.04. The smallest absolute Gasteiger partial charge is 0.320 e. The normalized spacial score (nSPS) is 20.9. The van der Waals surface area contributed by atoms with Crippen molar-refractivity contribution in [3.63, 3.8) is 0 Å². The van der Waals surface area contributed by atoms with Crippen LogP contribution >= 0.6 is 12.4 Å². The van der Waals surface area contributed by atoms with Crippen LogP contribution in [0, 0.1) is 0 Å². The second-order valence-electron chi connectivity index (χ2n) is 10.9. The van der Waals surface area contributed by atoms with Gasteiger partial charge in [0.2, 0.25) is 0 Å². The van der Waals surface area contributed by atoms with Gasteiger partial charge in [-0.1, -0.05) is 77.6 Å². The Hall–Kier alpha value is -1.09. The summed E-state index contributed by atoms with van der Waals surface area (Å²) in [5.41, 5.74) is 0. The molecule has 9 heteroatoms. The Morgan fingerprint density at radius 2 is 1.35 bits per heavy atom. The van der Waals surface area contributed by atoms with E-state index in [-0.39, 0.29) is 30.4 Å². The number of rotatable bonds is 17. The number of nitrogens with one attached hydrogen (secondary N) is 1. The zero-order chi connectivity index (χ0) is 25.4. The Morgan fingerprint density at radius 3 is 1.92 bits per heavy atom. The molecule has 0 spiro atoms. The first kappa shape index (κ1) is 32.1. The predicted molar refractivity (Wildman–Crippen MR) is 152 cm³/mol. The van der Waals surface area contributed by atoms with Crippen molar-refractivity contribution < 1.29 is 14.3 Å². The van der Waals surface area contributed by atoms with E-state index in [0.717, 1.165) is 71.9 Å². The minimum absolute atomic E-state index is 0. The van der Waals surface area contributed by atoms with E-state index in [1.807, 2.05) is 14.7 Å². The largest absolute Gasteiger partial charge is 0.366 e. The molecular weight excluding hydrogens is 490 g/mol. The lowest BCUT2D eigenvalue weighted by Gasteiger charge is -2.37. The fourth-order valence-electron chi connectivity index (χ4n) is 5.57. The van der Waals surface area contributed by atoms with Crippen LogP contribution in [-0.4, -0.2) is 116 Å². The molecule has 3 saturated heterocycles. The summed E-state index contributed by atoms with van der Waals surface area (Å²) in [5, 5.41) is 3.23. The molecule has 0 aliphatic carbocycles. The van der Waals surface area contributed by atoms with Crippen molar-refractivity contribution in [1.82, 2.24) is 24.9 Å². The molecule has 3 heterocycles. The summed E-state index contributed by atoms with van der Waals surface area (Å²) in [6.07, 6.45) is 15.8. The van der Waals surface area contributed by atoms with Gasteiger partial charge in [-0.25, -0.2) is 4.79 Å². The van der Waals surface area contributed by atoms with E-state index in [2.05, 4.69) is 17.1 Å². The van der Waals surface area contributed by atoms with E-state index in [1.165, 1.54) is 70.6 Å². The maximum atomic E-state index is 12.8. The molecule has 0 bridgehead atoms. The number of morpholine rings is 1. The summed E-state index contributed by atoms with van der Waals surface area (Å²) in [6.45, 7) is 11.9. The van der Waals surface area contributed by atoms with Gasteiger partial charge in [0.25, 0.3) is 5.91 Å². The quantitative estimate of drug-likeness (QED) is 0.281. The number of carbonyl (C=O) groups excluding carboxylic acids is 2. The Morgan fingerprint density at radius 1 is 0.784 bits per heavy atom. The highest BCUT2D eigenvalue weighted by Crippen LogP contribution is 2.14. The zero-order valence-electron chi connectivity index (χ0n) is 23.5. The minimum atomic E-state index is -0.330. The van der Waals surface area contributed by atoms with Crippen LogP contribution < -0.4 is 5.32 Å². The molecule has 216 valence electrons. The summed E-state index contributed by atoms with van der Waals surface area (Å²) in [6, 6.07) is 0.217. The van der Waals surface area contributed by atoms with Crippen LogP contribution in [0.5, 0.6) is 0 Å². The van der Waals surface area contributed by atoms with E-state index in [4.69, 9.17) is 4.74 Å². The first-order valence-corrected chi connectivity index (χ1v) is 15.1. The lowest BCUT2D eigenvalue weighted by Crippen LogP contribution is -2.55.